The second kappa shape index (κ2) is 11.5. The predicted octanol–water partition coefficient (Wildman–Crippen LogP) is 1.40. The summed E-state index contributed by atoms with van der Waals surface area (Å²) in [6.45, 7) is 2.97. The Morgan fingerprint density at radius 2 is 1.86 bits per heavy atom. The Hall–Kier alpha value is -0.920. The van der Waals surface area contributed by atoms with E-state index in [1.807, 2.05) is 6.07 Å². The van der Waals surface area contributed by atoms with E-state index in [2.05, 4.69) is 20.3 Å². The highest BCUT2D eigenvalue weighted by Gasteiger charge is 2.20. The SMILES string of the molecule is CN=C(NCCS(=O)(=O)NCC1CCC1)NCc1ccc(S(C)(=O)=O)c(C)c1.I. The molecule has 1 aliphatic carbocycles. The molecule has 2 rings (SSSR count). The van der Waals surface area contributed by atoms with Gasteiger partial charge in [-0.15, -0.1) is 24.0 Å². The van der Waals surface area contributed by atoms with Crippen molar-refractivity contribution in [1.82, 2.24) is 15.4 Å². The number of aryl methyl sites for hydroxylation is 1. The summed E-state index contributed by atoms with van der Waals surface area (Å²) >= 11 is 0. The molecule has 0 bridgehead atoms. The van der Waals surface area contributed by atoms with Gasteiger partial charge >= 0.3 is 0 Å². The summed E-state index contributed by atoms with van der Waals surface area (Å²) in [7, 11) is -4.93. The quantitative estimate of drug-likeness (QED) is 0.240. The lowest BCUT2D eigenvalue weighted by molar-refractivity contribution is 0.316. The number of nitrogens with zero attached hydrogens (tertiary/aromatic N) is 1. The van der Waals surface area contributed by atoms with Crippen LogP contribution >= 0.6 is 24.0 Å². The van der Waals surface area contributed by atoms with Crippen LogP contribution in [0, 0.1) is 12.8 Å². The molecule has 0 aromatic heterocycles. The first-order valence-electron chi connectivity index (χ1n) is 9.32. The van der Waals surface area contributed by atoms with Gasteiger partial charge < -0.3 is 10.6 Å². The summed E-state index contributed by atoms with van der Waals surface area (Å²) in [5.74, 6) is 0.941. The lowest BCUT2D eigenvalue weighted by atomic mass is 9.86. The molecule has 166 valence electrons. The summed E-state index contributed by atoms with van der Waals surface area (Å²) in [6, 6.07) is 5.15. The smallest absolute Gasteiger partial charge is 0.213 e. The Balaban J connectivity index is 0.00000420. The molecule has 0 unspecified atom stereocenters. The van der Waals surface area contributed by atoms with Crippen LogP contribution in [0.3, 0.4) is 0 Å². The number of hydrogen-bond donors (Lipinski definition) is 3. The highest BCUT2D eigenvalue weighted by molar-refractivity contribution is 14.0. The van der Waals surface area contributed by atoms with Crippen molar-refractivity contribution in [3.05, 3.63) is 29.3 Å². The van der Waals surface area contributed by atoms with Gasteiger partial charge in [0, 0.05) is 32.9 Å². The van der Waals surface area contributed by atoms with Gasteiger partial charge in [-0.3, -0.25) is 4.99 Å². The zero-order valence-corrected chi connectivity index (χ0v) is 21.0. The van der Waals surface area contributed by atoms with E-state index < -0.39 is 19.9 Å². The van der Waals surface area contributed by atoms with E-state index in [1.165, 1.54) is 12.7 Å². The number of benzene rings is 1. The molecule has 29 heavy (non-hydrogen) atoms. The Labute approximate surface area is 191 Å². The molecule has 0 aliphatic heterocycles. The van der Waals surface area contributed by atoms with E-state index >= 15 is 0 Å². The largest absolute Gasteiger partial charge is 0.355 e. The molecule has 11 heteroatoms. The minimum Gasteiger partial charge on any atom is -0.355 e. The van der Waals surface area contributed by atoms with Crippen LogP contribution in [0.1, 0.15) is 30.4 Å². The number of aliphatic imine (C=N–C) groups is 1. The minimum absolute atomic E-state index is 0. The Morgan fingerprint density at radius 1 is 1.17 bits per heavy atom. The van der Waals surface area contributed by atoms with Crippen molar-refractivity contribution in [1.29, 1.82) is 0 Å². The van der Waals surface area contributed by atoms with Crippen molar-refractivity contribution in [2.75, 3.05) is 32.1 Å². The maximum absolute atomic E-state index is 12.0. The van der Waals surface area contributed by atoms with Crippen LogP contribution in [0.25, 0.3) is 0 Å². The molecule has 3 N–H and O–H groups in total. The molecule has 8 nitrogen and oxygen atoms in total. The molecular weight excluding hydrogens is 527 g/mol. The average molecular weight is 559 g/mol. The number of guanidine groups is 1. The van der Waals surface area contributed by atoms with Crippen LogP contribution in [0.5, 0.6) is 0 Å². The van der Waals surface area contributed by atoms with E-state index in [4.69, 9.17) is 0 Å². The fourth-order valence-electron chi connectivity index (χ4n) is 2.96. The predicted molar refractivity (Wildman–Crippen MR) is 127 cm³/mol. The molecule has 1 aromatic rings. The standard InChI is InChI=1S/C18H30N4O4S2.HI/c1-14-11-16(7-8-17(14)27(3,23)24)12-21-18(19-2)20-9-10-28(25,26)22-13-15-5-4-6-15;/h7-8,11,15,22H,4-6,9-10,12-13H2,1-3H3,(H2,19,20,21);1H. The van der Waals surface area contributed by atoms with Crippen molar-refractivity contribution < 1.29 is 16.8 Å². The first-order valence-corrected chi connectivity index (χ1v) is 12.9. The Bertz CT molecular complexity index is 914. The first kappa shape index (κ1) is 26.1. The van der Waals surface area contributed by atoms with Crippen LogP contribution < -0.4 is 15.4 Å². The topological polar surface area (TPSA) is 117 Å². The summed E-state index contributed by atoms with van der Waals surface area (Å²) in [4.78, 5) is 4.40. The van der Waals surface area contributed by atoms with Crippen LogP contribution in [0.15, 0.2) is 28.1 Å². The van der Waals surface area contributed by atoms with Crippen LogP contribution in [0.4, 0.5) is 0 Å². The lowest BCUT2D eigenvalue weighted by Gasteiger charge is -2.25. The molecule has 1 fully saturated rings. The molecule has 0 heterocycles. The van der Waals surface area contributed by atoms with Gasteiger partial charge in [-0.1, -0.05) is 18.6 Å². The third kappa shape index (κ3) is 8.77. The number of hydrogen-bond acceptors (Lipinski definition) is 5. The summed E-state index contributed by atoms with van der Waals surface area (Å²) < 4.78 is 50.0. The van der Waals surface area contributed by atoms with E-state index in [1.54, 1.807) is 26.1 Å². The fraction of sp³-hybridized carbons (Fsp3) is 0.611. The van der Waals surface area contributed by atoms with Gasteiger partial charge in [0.1, 0.15) is 0 Å². The first-order chi connectivity index (χ1) is 13.1. The zero-order valence-electron chi connectivity index (χ0n) is 17.1. The molecule has 1 aliphatic rings. The fourth-order valence-corrected chi connectivity index (χ4v) is 4.93. The van der Waals surface area contributed by atoms with Gasteiger partial charge in [0.25, 0.3) is 0 Å². The maximum Gasteiger partial charge on any atom is 0.213 e. The van der Waals surface area contributed by atoms with Crippen molar-refractivity contribution in [3.8, 4) is 0 Å². The third-order valence-electron chi connectivity index (χ3n) is 4.80. The van der Waals surface area contributed by atoms with Gasteiger partial charge in [0.2, 0.25) is 10.0 Å². The Kier molecular flexibility index (Phi) is 10.3. The molecule has 0 spiro atoms. The normalized spacial score (nSPS) is 15.3. The van der Waals surface area contributed by atoms with Gasteiger partial charge in [-0.25, -0.2) is 21.6 Å². The summed E-state index contributed by atoms with van der Waals surface area (Å²) in [5, 5.41) is 6.09. The zero-order chi connectivity index (χ0) is 20.8. The van der Waals surface area contributed by atoms with Gasteiger partial charge in [0.15, 0.2) is 15.8 Å². The van der Waals surface area contributed by atoms with Gasteiger partial charge in [-0.05, 0) is 42.9 Å². The molecule has 0 atom stereocenters. The lowest BCUT2D eigenvalue weighted by Crippen LogP contribution is -2.41. The second-order valence-corrected chi connectivity index (χ2v) is 11.1. The van der Waals surface area contributed by atoms with E-state index in [0.717, 1.165) is 18.4 Å². The van der Waals surface area contributed by atoms with Crippen molar-refractivity contribution in [3.63, 3.8) is 0 Å². The average Bonchev–Trinajstić information content (AvgIpc) is 2.55. The number of sulfone groups is 1. The molecule has 1 saturated carbocycles. The number of halogens is 1. The molecule has 0 saturated heterocycles. The van der Waals surface area contributed by atoms with Crippen molar-refractivity contribution in [2.24, 2.45) is 10.9 Å². The summed E-state index contributed by atoms with van der Waals surface area (Å²) in [5.41, 5.74) is 1.59. The molecule has 0 radical (unpaired) electrons. The maximum atomic E-state index is 12.0. The van der Waals surface area contributed by atoms with Gasteiger partial charge in [0.05, 0.1) is 10.6 Å². The minimum atomic E-state index is -3.30. The summed E-state index contributed by atoms with van der Waals surface area (Å²) in [6.07, 6.45) is 4.57. The van der Waals surface area contributed by atoms with Crippen LogP contribution in [-0.4, -0.2) is 54.9 Å². The highest BCUT2D eigenvalue weighted by Crippen LogP contribution is 2.25. The van der Waals surface area contributed by atoms with E-state index in [9.17, 15) is 16.8 Å². The highest BCUT2D eigenvalue weighted by atomic mass is 127. The molecule has 1 aromatic carbocycles. The van der Waals surface area contributed by atoms with Crippen molar-refractivity contribution >= 4 is 49.8 Å². The second-order valence-electron chi connectivity index (χ2n) is 7.19. The van der Waals surface area contributed by atoms with Gasteiger partial charge in [-0.2, -0.15) is 0 Å². The van der Waals surface area contributed by atoms with E-state index in [0.29, 0.717) is 35.4 Å². The molecular formula is C18H31IN4O4S2. The Morgan fingerprint density at radius 3 is 2.38 bits per heavy atom. The number of sulfonamides is 1. The number of nitrogens with one attached hydrogen (secondary N) is 3. The van der Waals surface area contributed by atoms with E-state index in [-0.39, 0.29) is 36.3 Å². The molecule has 0 amide bonds. The third-order valence-corrected chi connectivity index (χ3v) is 7.41. The van der Waals surface area contributed by atoms with Crippen LogP contribution in [-0.2, 0) is 26.4 Å². The monoisotopic (exact) mass is 558 g/mol. The van der Waals surface area contributed by atoms with Crippen LogP contribution in [0.2, 0.25) is 0 Å². The van der Waals surface area contributed by atoms with Crippen molar-refractivity contribution in [2.45, 2.75) is 37.6 Å². The number of rotatable bonds is 9.